The molecule has 0 bridgehead atoms. The molecule has 0 N–H and O–H groups in total. The van der Waals surface area contributed by atoms with Crippen LogP contribution < -0.4 is 0 Å². The summed E-state index contributed by atoms with van der Waals surface area (Å²) < 4.78 is 2.25. The summed E-state index contributed by atoms with van der Waals surface area (Å²) in [7, 11) is 13.9. The van der Waals surface area contributed by atoms with Gasteiger partial charge in [0, 0.05) is 11.8 Å². The lowest BCUT2D eigenvalue weighted by molar-refractivity contribution is -0.882. The number of rotatable bonds is 4. The minimum atomic E-state index is 0.961. The van der Waals surface area contributed by atoms with Gasteiger partial charge in [-0.1, -0.05) is 6.42 Å². The average Bonchev–Trinajstić information content (AvgIpc) is 2.29. The molecule has 0 aromatic rings. The topological polar surface area (TPSA) is 0 Å². The van der Waals surface area contributed by atoms with E-state index in [1.54, 1.807) is 0 Å². The van der Waals surface area contributed by atoms with Gasteiger partial charge in [-0.25, -0.2) is 0 Å². The summed E-state index contributed by atoms with van der Waals surface area (Å²) in [6, 6.07) is 0. The summed E-state index contributed by atoms with van der Waals surface area (Å²) >= 11 is 0. The van der Waals surface area contributed by atoms with Crippen LogP contribution in [0.25, 0.3) is 0 Å². The highest BCUT2D eigenvalue weighted by Crippen LogP contribution is 2.33. The van der Waals surface area contributed by atoms with Gasteiger partial charge in [0.15, 0.2) is 0 Å². The molecular formula is C13H30N2+2. The van der Waals surface area contributed by atoms with Crippen LogP contribution in [0.1, 0.15) is 19.3 Å². The molecule has 1 fully saturated rings. The first kappa shape index (κ1) is 13.0. The monoisotopic (exact) mass is 214 g/mol. The Bertz CT molecular complexity index is 176. The molecule has 0 heterocycles. The highest BCUT2D eigenvalue weighted by molar-refractivity contribution is 4.77. The Hall–Kier alpha value is -0.0800. The lowest BCUT2D eigenvalue weighted by atomic mass is 9.94. The summed E-state index contributed by atoms with van der Waals surface area (Å²) in [6.45, 7) is 2.70. The van der Waals surface area contributed by atoms with Crippen LogP contribution in [0.4, 0.5) is 0 Å². The summed E-state index contributed by atoms with van der Waals surface area (Å²) in [5.41, 5.74) is 0. The first-order valence-corrected chi connectivity index (χ1v) is 6.28. The maximum Gasteiger partial charge on any atom is 0.0813 e. The van der Waals surface area contributed by atoms with Gasteiger partial charge in [-0.05, 0) is 12.8 Å². The lowest BCUT2D eigenvalue weighted by Gasteiger charge is -2.33. The molecule has 2 heteroatoms. The molecule has 0 amide bonds. The van der Waals surface area contributed by atoms with E-state index in [1.165, 1.54) is 32.4 Å². The van der Waals surface area contributed by atoms with E-state index in [2.05, 4.69) is 42.3 Å². The van der Waals surface area contributed by atoms with Gasteiger partial charge in [0.1, 0.15) is 0 Å². The Labute approximate surface area is 96.1 Å². The van der Waals surface area contributed by atoms with E-state index in [0.717, 1.165) is 20.8 Å². The van der Waals surface area contributed by atoms with Crippen molar-refractivity contribution in [1.29, 1.82) is 0 Å². The number of nitrogens with zero attached hydrogens (tertiary/aromatic N) is 2. The third-order valence-corrected chi connectivity index (χ3v) is 3.38. The van der Waals surface area contributed by atoms with Gasteiger partial charge in [-0.15, -0.1) is 0 Å². The van der Waals surface area contributed by atoms with Crippen LogP contribution in [-0.2, 0) is 0 Å². The molecule has 1 rings (SSSR count). The maximum absolute atomic E-state index is 2.32. The van der Waals surface area contributed by atoms with Crippen LogP contribution in [0, 0.1) is 11.8 Å². The van der Waals surface area contributed by atoms with E-state index >= 15 is 0 Å². The molecule has 90 valence electrons. The summed E-state index contributed by atoms with van der Waals surface area (Å²) in [5.74, 6) is 1.92. The van der Waals surface area contributed by atoms with Crippen LogP contribution in [-0.4, -0.2) is 64.3 Å². The number of hydrogen-bond donors (Lipinski definition) is 0. The minimum Gasteiger partial charge on any atom is -0.331 e. The Kier molecular flexibility index (Phi) is 3.83. The van der Waals surface area contributed by atoms with Crippen molar-refractivity contribution >= 4 is 0 Å². The van der Waals surface area contributed by atoms with Crippen molar-refractivity contribution in [1.82, 2.24) is 0 Å². The smallest absolute Gasteiger partial charge is 0.0813 e. The fourth-order valence-corrected chi connectivity index (χ4v) is 3.00. The lowest BCUT2D eigenvalue weighted by Crippen LogP contribution is -2.45. The van der Waals surface area contributed by atoms with Crippen LogP contribution in [0.3, 0.4) is 0 Å². The quantitative estimate of drug-likeness (QED) is 0.626. The van der Waals surface area contributed by atoms with Crippen molar-refractivity contribution in [3.63, 3.8) is 0 Å². The molecule has 0 unspecified atom stereocenters. The normalized spacial score (nSPS) is 28.4. The van der Waals surface area contributed by atoms with Crippen LogP contribution >= 0.6 is 0 Å². The van der Waals surface area contributed by atoms with Crippen molar-refractivity contribution in [2.75, 3.05) is 55.4 Å². The fourth-order valence-electron chi connectivity index (χ4n) is 3.00. The Morgan fingerprint density at radius 3 is 1.33 bits per heavy atom. The Balaban J connectivity index is 2.50. The van der Waals surface area contributed by atoms with Crippen molar-refractivity contribution < 1.29 is 8.97 Å². The van der Waals surface area contributed by atoms with Gasteiger partial charge in [-0.3, -0.25) is 0 Å². The molecule has 1 aliphatic carbocycles. The van der Waals surface area contributed by atoms with E-state index in [4.69, 9.17) is 0 Å². The number of quaternary nitrogens is 2. The molecule has 2 atom stereocenters. The Morgan fingerprint density at radius 2 is 1.07 bits per heavy atom. The second-order valence-electron chi connectivity index (χ2n) is 7.40. The molecular weight excluding hydrogens is 184 g/mol. The number of hydrogen-bond acceptors (Lipinski definition) is 0. The van der Waals surface area contributed by atoms with Crippen LogP contribution in [0.5, 0.6) is 0 Å². The Morgan fingerprint density at radius 1 is 0.733 bits per heavy atom. The van der Waals surface area contributed by atoms with Gasteiger partial charge >= 0.3 is 0 Å². The zero-order valence-electron chi connectivity index (χ0n) is 11.6. The van der Waals surface area contributed by atoms with Gasteiger partial charge in [0.25, 0.3) is 0 Å². The van der Waals surface area contributed by atoms with E-state index in [0.29, 0.717) is 0 Å². The molecule has 0 radical (unpaired) electrons. The molecule has 0 aliphatic heterocycles. The predicted octanol–water partition coefficient (Wildman–Crippen LogP) is 1.82. The summed E-state index contributed by atoms with van der Waals surface area (Å²) in [5, 5.41) is 0. The van der Waals surface area contributed by atoms with E-state index in [-0.39, 0.29) is 0 Å². The van der Waals surface area contributed by atoms with Gasteiger partial charge < -0.3 is 8.97 Å². The molecule has 1 saturated carbocycles. The van der Waals surface area contributed by atoms with Gasteiger partial charge in [0.05, 0.1) is 55.4 Å². The summed E-state index contributed by atoms with van der Waals surface area (Å²) in [4.78, 5) is 0. The first-order chi connectivity index (χ1) is 6.67. The maximum atomic E-state index is 2.32. The van der Waals surface area contributed by atoms with Crippen LogP contribution in [0.15, 0.2) is 0 Å². The molecule has 2 nitrogen and oxygen atoms in total. The highest BCUT2D eigenvalue weighted by atomic mass is 15.3. The van der Waals surface area contributed by atoms with Crippen molar-refractivity contribution in [3.05, 3.63) is 0 Å². The fraction of sp³-hybridized carbons (Fsp3) is 1.00. The van der Waals surface area contributed by atoms with E-state index < -0.39 is 0 Å². The largest absolute Gasteiger partial charge is 0.331 e. The molecule has 1 aliphatic rings. The molecule has 0 spiro atoms. The average molecular weight is 214 g/mol. The van der Waals surface area contributed by atoms with Crippen molar-refractivity contribution in [2.24, 2.45) is 11.8 Å². The molecule has 0 saturated heterocycles. The van der Waals surface area contributed by atoms with Crippen molar-refractivity contribution in [3.8, 4) is 0 Å². The van der Waals surface area contributed by atoms with Crippen LogP contribution in [0.2, 0.25) is 0 Å². The van der Waals surface area contributed by atoms with Gasteiger partial charge in [-0.2, -0.15) is 0 Å². The second-order valence-corrected chi connectivity index (χ2v) is 7.40. The third-order valence-electron chi connectivity index (χ3n) is 3.38. The summed E-state index contributed by atoms with van der Waals surface area (Å²) in [6.07, 6.45) is 4.37. The zero-order chi connectivity index (χ0) is 11.7. The van der Waals surface area contributed by atoms with Gasteiger partial charge in [0.2, 0.25) is 0 Å². The SMILES string of the molecule is C[N+](C)(C)C[C@@H]1CCC[C@H]1C[N+](C)(C)C. The zero-order valence-corrected chi connectivity index (χ0v) is 11.6. The minimum absolute atomic E-state index is 0.961. The predicted molar refractivity (Wildman–Crippen MR) is 66.6 cm³/mol. The molecule has 0 aromatic carbocycles. The van der Waals surface area contributed by atoms with Crippen molar-refractivity contribution in [2.45, 2.75) is 19.3 Å². The highest BCUT2D eigenvalue weighted by Gasteiger charge is 2.34. The standard InChI is InChI=1S/C13H30N2/c1-14(2,3)10-12-8-7-9-13(12)11-15(4,5)6/h12-13H,7-11H2,1-6H3/q+2/t12-,13-/m0/s1. The molecule has 15 heavy (non-hydrogen) atoms. The second kappa shape index (κ2) is 4.42. The molecule has 0 aromatic heterocycles. The first-order valence-electron chi connectivity index (χ1n) is 6.28. The van der Waals surface area contributed by atoms with E-state index in [1.807, 2.05) is 0 Å². The van der Waals surface area contributed by atoms with E-state index in [9.17, 15) is 0 Å². The third kappa shape index (κ3) is 4.98.